The van der Waals surface area contributed by atoms with Crippen molar-refractivity contribution < 1.29 is 29.4 Å². The molecule has 3 atom stereocenters. The van der Waals surface area contributed by atoms with Gasteiger partial charge in [-0.25, -0.2) is 0 Å². The lowest BCUT2D eigenvalue weighted by atomic mass is 10.2. The van der Waals surface area contributed by atoms with Gasteiger partial charge in [-0.15, -0.1) is 0 Å². The molecule has 0 aromatic heterocycles. The molecule has 7 N–H and O–H groups in total. The molecule has 22 heavy (non-hydrogen) atoms. The van der Waals surface area contributed by atoms with Crippen LogP contribution in [0, 0.1) is 0 Å². The van der Waals surface area contributed by atoms with E-state index in [4.69, 9.17) is 15.9 Å². The molecule has 0 bridgehead atoms. The van der Waals surface area contributed by atoms with Gasteiger partial charge < -0.3 is 31.9 Å². The molecule has 3 unspecified atom stereocenters. The van der Waals surface area contributed by atoms with E-state index in [1.54, 1.807) is 0 Å². The van der Waals surface area contributed by atoms with Crippen molar-refractivity contribution in [2.75, 3.05) is 18.9 Å². The van der Waals surface area contributed by atoms with Crippen LogP contribution in [0.15, 0.2) is 0 Å². The number of carbonyl (C=O) groups is 4. The van der Waals surface area contributed by atoms with Crippen molar-refractivity contribution >= 4 is 36.3 Å². The molecule has 0 aliphatic rings. The molecule has 11 heteroatoms. The first-order valence-electron chi connectivity index (χ1n) is 6.30. The number of aliphatic hydroxyl groups excluding tert-OH is 1. The van der Waals surface area contributed by atoms with Gasteiger partial charge in [0.1, 0.15) is 18.6 Å². The second-order valence-electron chi connectivity index (χ2n) is 4.39. The number of nitrogens with one attached hydrogen (secondary N) is 3. The molecule has 0 aliphatic heterocycles. The number of hydrogen-bond donors (Lipinski definition) is 7. The lowest BCUT2D eigenvalue weighted by Gasteiger charge is -2.21. The number of hydrogen-bond acceptors (Lipinski definition) is 7. The van der Waals surface area contributed by atoms with E-state index in [2.05, 4.69) is 23.3 Å². The van der Waals surface area contributed by atoms with Crippen LogP contribution in [0.4, 0.5) is 0 Å². The Bertz CT molecular complexity index is 431. The molecule has 0 rings (SSSR count). The Morgan fingerprint density at radius 2 is 1.64 bits per heavy atom. The maximum Gasteiger partial charge on any atom is 0.322 e. The lowest BCUT2D eigenvalue weighted by Crippen LogP contribution is -2.57. The third kappa shape index (κ3) is 7.24. The zero-order valence-corrected chi connectivity index (χ0v) is 12.8. The standard InChI is InChI=1S/C11H20N4O6S/c1-5(12)9(19)15-7(4-22)11(21)14-6(3-16)10(20)13-2-8(17)18/h5-7,16,22H,2-4,12H2,1H3,(H,13,20)(H,14,21)(H,15,19)(H,17,18). The summed E-state index contributed by atoms with van der Waals surface area (Å²) in [4.78, 5) is 45.3. The number of aliphatic hydroxyl groups is 1. The molecule has 0 aliphatic carbocycles. The number of rotatable bonds is 9. The lowest BCUT2D eigenvalue weighted by molar-refractivity contribution is -0.138. The largest absolute Gasteiger partial charge is 0.480 e. The van der Waals surface area contributed by atoms with Gasteiger partial charge in [-0.2, -0.15) is 12.6 Å². The minimum absolute atomic E-state index is 0.0564. The zero-order chi connectivity index (χ0) is 17.3. The van der Waals surface area contributed by atoms with Crippen LogP contribution in [-0.4, -0.2) is 70.9 Å². The van der Waals surface area contributed by atoms with Gasteiger partial charge in [-0.3, -0.25) is 19.2 Å². The number of amides is 3. The number of carboxylic acid groups (broad SMARTS) is 1. The van der Waals surface area contributed by atoms with E-state index >= 15 is 0 Å². The number of nitrogens with two attached hydrogens (primary N) is 1. The summed E-state index contributed by atoms with van der Waals surface area (Å²) >= 11 is 3.91. The minimum atomic E-state index is -1.35. The van der Waals surface area contributed by atoms with Crippen LogP contribution in [0.5, 0.6) is 0 Å². The normalized spacial score (nSPS) is 14.4. The molecule has 0 spiro atoms. The van der Waals surface area contributed by atoms with Crippen LogP contribution in [0.3, 0.4) is 0 Å². The highest BCUT2D eigenvalue weighted by molar-refractivity contribution is 7.80. The fourth-order valence-corrected chi connectivity index (χ4v) is 1.51. The van der Waals surface area contributed by atoms with Gasteiger partial charge in [0.15, 0.2) is 0 Å². The van der Waals surface area contributed by atoms with Crippen molar-refractivity contribution in [2.24, 2.45) is 5.73 Å². The van der Waals surface area contributed by atoms with Crippen molar-refractivity contribution in [1.82, 2.24) is 16.0 Å². The smallest absolute Gasteiger partial charge is 0.322 e. The van der Waals surface area contributed by atoms with Gasteiger partial charge >= 0.3 is 5.97 Å². The predicted octanol–water partition coefficient (Wildman–Crippen LogP) is -3.57. The van der Waals surface area contributed by atoms with Gasteiger partial charge in [0.2, 0.25) is 17.7 Å². The number of carboxylic acids is 1. The van der Waals surface area contributed by atoms with E-state index in [0.717, 1.165) is 0 Å². The maximum atomic E-state index is 11.9. The average Bonchev–Trinajstić information content (AvgIpc) is 2.46. The fraction of sp³-hybridized carbons (Fsp3) is 0.636. The Morgan fingerprint density at radius 3 is 2.05 bits per heavy atom. The van der Waals surface area contributed by atoms with E-state index in [-0.39, 0.29) is 5.75 Å². The quantitative estimate of drug-likeness (QED) is 0.213. The molecule has 0 aromatic rings. The first kappa shape index (κ1) is 20.1. The molecule has 3 amide bonds. The van der Waals surface area contributed by atoms with E-state index < -0.39 is 55.0 Å². The predicted molar refractivity (Wildman–Crippen MR) is 79.1 cm³/mol. The highest BCUT2D eigenvalue weighted by atomic mass is 32.1. The topological polar surface area (TPSA) is 171 Å². The third-order valence-electron chi connectivity index (χ3n) is 2.46. The van der Waals surface area contributed by atoms with E-state index in [1.807, 2.05) is 5.32 Å². The molecule has 0 aromatic carbocycles. The molecule has 0 heterocycles. The highest BCUT2D eigenvalue weighted by Gasteiger charge is 2.26. The fourth-order valence-electron chi connectivity index (χ4n) is 1.25. The summed E-state index contributed by atoms with van der Waals surface area (Å²) in [6.45, 7) is 0.0407. The van der Waals surface area contributed by atoms with Gasteiger partial charge in [-0.05, 0) is 6.92 Å². The van der Waals surface area contributed by atoms with Crippen molar-refractivity contribution in [1.29, 1.82) is 0 Å². The number of aliphatic carboxylic acids is 1. The van der Waals surface area contributed by atoms with Gasteiger partial charge in [-0.1, -0.05) is 0 Å². The minimum Gasteiger partial charge on any atom is -0.480 e. The second kappa shape index (κ2) is 9.97. The summed E-state index contributed by atoms with van der Waals surface area (Å²) < 4.78 is 0. The van der Waals surface area contributed by atoms with Gasteiger partial charge in [0.05, 0.1) is 12.6 Å². The summed E-state index contributed by atoms with van der Waals surface area (Å²) in [6.07, 6.45) is 0. The monoisotopic (exact) mass is 336 g/mol. The Morgan fingerprint density at radius 1 is 1.09 bits per heavy atom. The van der Waals surface area contributed by atoms with Crippen molar-refractivity contribution in [3.8, 4) is 0 Å². The summed E-state index contributed by atoms with van der Waals surface area (Å²) in [5.74, 6) is -3.53. The van der Waals surface area contributed by atoms with Crippen LogP contribution < -0.4 is 21.7 Å². The van der Waals surface area contributed by atoms with Crippen LogP contribution in [0.25, 0.3) is 0 Å². The second-order valence-corrected chi connectivity index (χ2v) is 4.75. The maximum absolute atomic E-state index is 11.9. The summed E-state index contributed by atoms with van der Waals surface area (Å²) in [5.41, 5.74) is 5.35. The molecule has 0 saturated heterocycles. The molecule has 126 valence electrons. The van der Waals surface area contributed by atoms with Crippen molar-refractivity contribution in [3.05, 3.63) is 0 Å². The number of thiol groups is 1. The van der Waals surface area contributed by atoms with Gasteiger partial charge in [0, 0.05) is 5.75 Å². The van der Waals surface area contributed by atoms with E-state index in [9.17, 15) is 19.2 Å². The Hall–Kier alpha value is -1.85. The summed E-state index contributed by atoms with van der Waals surface area (Å²) in [6, 6.07) is -3.23. The van der Waals surface area contributed by atoms with E-state index in [1.165, 1.54) is 6.92 Å². The third-order valence-corrected chi connectivity index (χ3v) is 2.82. The zero-order valence-electron chi connectivity index (χ0n) is 11.9. The Kier molecular flexibility index (Phi) is 9.13. The first-order chi connectivity index (χ1) is 10.2. The first-order valence-corrected chi connectivity index (χ1v) is 6.93. The van der Waals surface area contributed by atoms with Crippen LogP contribution in [0.1, 0.15) is 6.92 Å². The van der Waals surface area contributed by atoms with Crippen molar-refractivity contribution in [2.45, 2.75) is 25.0 Å². The molecular weight excluding hydrogens is 316 g/mol. The number of carbonyl (C=O) groups excluding carboxylic acids is 3. The Labute approximate surface area is 132 Å². The Balaban J connectivity index is 4.64. The molecule has 0 radical (unpaired) electrons. The highest BCUT2D eigenvalue weighted by Crippen LogP contribution is 1.93. The average molecular weight is 336 g/mol. The van der Waals surface area contributed by atoms with Gasteiger partial charge in [0.25, 0.3) is 0 Å². The SMILES string of the molecule is CC(N)C(=O)NC(CS)C(=O)NC(CO)C(=O)NCC(=O)O. The summed E-state index contributed by atoms with van der Waals surface area (Å²) in [5, 5.41) is 24.1. The molecule has 0 fully saturated rings. The summed E-state index contributed by atoms with van der Waals surface area (Å²) in [7, 11) is 0. The molecular formula is C11H20N4O6S. The van der Waals surface area contributed by atoms with Crippen LogP contribution in [0.2, 0.25) is 0 Å². The van der Waals surface area contributed by atoms with Crippen LogP contribution in [-0.2, 0) is 19.2 Å². The van der Waals surface area contributed by atoms with E-state index in [0.29, 0.717) is 0 Å². The van der Waals surface area contributed by atoms with Crippen molar-refractivity contribution in [3.63, 3.8) is 0 Å². The molecule has 10 nitrogen and oxygen atoms in total. The van der Waals surface area contributed by atoms with Crippen LogP contribution >= 0.6 is 12.6 Å². The molecule has 0 saturated carbocycles.